The van der Waals surface area contributed by atoms with Crippen molar-refractivity contribution in [3.8, 4) is 0 Å². The van der Waals surface area contributed by atoms with Gasteiger partial charge in [0.1, 0.15) is 5.03 Å². The first-order chi connectivity index (χ1) is 3.43. The van der Waals surface area contributed by atoms with Crippen LogP contribution in [0.5, 0.6) is 0 Å². The maximum absolute atomic E-state index is 3.98. The second-order valence-corrected chi connectivity index (χ2v) is 2.35. The molecule has 0 saturated carbocycles. The molecule has 0 unspecified atom stereocenters. The second-order valence-electron chi connectivity index (χ2n) is 0.982. The molecule has 0 amide bonds. The van der Waals surface area contributed by atoms with Crippen LogP contribution in [0.3, 0.4) is 0 Å². The third kappa shape index (κ3) is 1.17. The molecule has 1 aromatic heterocycles. The maximum Gasteiger partial charge on any atom is 0.110 e. The van der Waals surface area contributed by atoms with Crippen LogP contribution < -0.4 is 0 Å². The van der Waals surface area contributed by atoms with Gasteiger partial charge in [0.15, 0.2) is 0 Å². The third-order valence-electron chi connectivity index (χ3n) is 0.562. The van der Waals surface area contributed by atoms with Crippen molar-refractivity contribution in [2.75, 3.05) is 0 Å². The molecule has 7 heavy (non-hydrogen) atoms. The Labute approximate surface area is 50.9 Å². The lowest BCUT2D eigenvalue weighted by atomic mass is 10.8. The zero-order valence-electron chi connectivity index (χ0n) is 3.63. The average Bonchev–Trinajstić information content (AvgIpc) is 2.14. The monoisotopic (exact) mass is 130 g/mol. The van der Waals surface area contributed by atoms with Crippen LogP contribution in [0.15, 0.2) is 16.5 Å². The smallest absolute Gasteiger partial charge is 0.110 e. The van der Waals surface area contributed by atoms with E-state index in [0.717, 1.165) is 5.03 Å². The molecule has 0 aromatic carbocycles. The van der Waals surface area contributed by atoms with Crippen molar-refractivity contribution in [1.82, 2.24) is 4.37 Å². The van der Waals surface area contributed by atoms with Gasteiger partial charge in [-0.1, -0.05) is 0 Å². The summed E-state index contributed by atoms with van der Waals surface area (Å²) in [6.07, 6.45) is 3.59. The van der Waals surface area contributed by atoms with E-state index in [9.17, 15) is 0 Å². The van der Waals surface area contributed by atoms with Crippen LogP contribution in [0.4, 0.5) is 0 Å². The van der Waals surface area contributed by atoms with Crippen molar-refractivity contribution in [2.24, 2.45) is 0 Å². The fourth-order valence-corrected chi connectivity index (χ4v) is 1.28. The Morgan fingerprint density at radius 3 is 3.00 bits per heavy atom. The normalized spacial score (nSPS) is 9.29. The van der Waals surface area contributed by atoms with E-state index in [-0.39, 0.29) is 0 Å². The molecule has 0 saturated heterocycles. The van der Waals surface area contributed by atoms with E-state index in [0.29, 0.717) is 0 Å². The molecule has 0 N–H and O–H groups in total. The lowest BCUT2D eigenvalue weighted by Crippen LogP contribution is -1.56. The van der Waals surface area contributed by atoms with Crippen molar-refractivity contribution >= 4 is 23.3 Å². The van der Waals surface area contributed by atoms with E-state index < -0.39 is 0 Å². The Balaban J connectivity index is 2.76. The van der Waals surface area contributed by atoms with Crippen LogP contribution >= 0.6 is 23.3 Å². The van der Waals surface area contributed by atoms with E-state index in [4.69, 9.17) is 0 Å². The molecule has 0 aliphatic rings. The van der Waals surface area contributed by atoms with E-state index in [1.54, 1.807) is 0 Å². The molecule has 1 nitrogen and oxygen atoms in total. The zero-order chi connectivity index (χ0) is 5.11. The average molecular weight is 130 g/mol. The molecular weight excluding hydrogens is 126 g/mol. The van der Waals surface area contributed by atoms with Crippen LogP contribution in [0, 0.1) is 6.26 Å². The molecule has 37 valence electrons. The molecule has 1 aromatic rings. The summed E-state index contributed by atoms with van der Waals surface area (Å²) >= 11 is 2.88. The highest BCUT2D eigenvalue weighted by molar-refractivity contribution is 8.00. The van der Waals surface area contributed by atoms with Gasteiger partial charge in [0, 0.05) is 11.6 Å². The highest BCUT2D eigenvalue weighted by Gasteiger charge is 1.85. The fraction of sp³-hybridized carbons (Fsp3) is 0. The van der Waals surface area contributed by atoms with Crippen LogP contribution in [-0.2, 0) is 0 Å². The first-order valence-electron chi connectivity index (χ1n) is 1.76. The summed E-state index contributed by atoms with van der Waals surface area (Å²) in [7, 11) is 0. The number of hydrogen-bond acceptors (Lipinski definition) is 3. The molecule has 3 heteroatoms. The highest BCUT2D eigenvalue weighted by atomic mass is 32.2. The van der Waals surface area contributed by atoms with Gasteiger partial charge in [0.05, 0.1) is 0 Å². The molecule has 0 aliphatic heterocycles. The van der Waals surface area contributed by atoms with Crippen molar-refractivity contribution < 1.29 is 0 Å². The van der Waals surface area contributed by atoms with Crippen molar-refractivity contribution in [1.29, 1.82) is 0 Å². The molecule has 1 heterocycles. The zero-order valence-corrected chi connectivity index (χ0v) is 5.26. The van der Waals surface area contributed by atoms with Crippen LogP contribution in [-0.4, -0.2) is 4.37 Å². The summed E-state index contributed by atoms with van der Waals surface area (Å²) in [4.78, 5) is 0. The predicted octanol–water partition coefficient (Wildman–Crippen LogP) is 2.03. The standard InChI is InChI=1S/C4H4NS2/c1-6-4-2-3-7-5-4/h2-3H,1H2. The first-order valence-corrected chi connectivity index (χ1v) is 3.58. The Morgan fingerprint density at radius 1 is 1.86 bits per heavy atom. The minimum Gasteiger partial charge on any atom is -0.186 e. The fourth-order valence-electron chi connectivity index (χ4n) is 0.276. The molecular formula is C4H4NS2. The molecule has 0 bridgehead atoms. The third-order valence-corrected chi connectivity index (χ3v) is 1.76. The van der Waals surface area contributed by atoms with Crippen molar-refractivity contribution in [3.63, 3.8) is 0 Å². The van der Waals surface area contributed by atoms with Gasteiger partial charge in [-0.25, -0.2) is 0 Å². The minimum absolute atomic E-state index is 1.00. The SMILES string of the molecule is [CH2]Sc1ccsn1. The van der Waals surface area contributed by atoms with Crippen molar-refractivity contribution in [3.05, 3.63) is 17.7 Å². The summed E-state index contributed by atoms with van der Waals surface area (Å²) in [5.41, 5.74) is 0. The molecule has 0 fully saturated rings. The van der Waals surface area contributed by atoms with Crippen LogP contribution in [0.1, 0.15) is 0 Å². The molecule has 0 aliphatic carbocycles. The van der Waals surface area contributed by atoms with Crippen LogP contribution in [0.25, 0.3) is 0 Å². The Kier molecular flexibility index (Phi) is 1.70. The van der Waals surface area contributed by atoms with E-state index >= 15 is 0 Å². The van der Waals surface area contributed by atoms with Crippen molar-refractivity contribution in [2.45, 2.75) is 5.03 Å². The quantitative estimate of drug-likeness (QED) is 0.539. The Bertz CT molecular complexity index is 124. The summed E-state index contributed by atoms with van der Waals surface area (Å²) in [6, 6.07) is 1.95. The first kappa shape index (κ1) is 5.12. The largest absolute Gasteiger partial charge is 0.186 e. The van der Waals surface area contributed by atoms with Gasteiger partial charge >= 0.3 is 0 Å². The Morgan fingerprint density at radius 2 is 2.71 bits per heavy atom. The predicted molar refractivity (Wildman–Crippen MR) is 33.3 cm³/mol. The van der Waals surface area contributed by atoms with E-state index in [1.165, 1.54) is 23.3 Å². The second kappa shape index (κ2) is 2.33. The number of aromatic nitrogens is 1. The van der Waals surface area contributed by atoms with E-state index in [2.05, 4.69) is 10.6 Å². The maximum atomic E-state index is 3.98. The molecule has 0 atom stereocenters. The molecule has 1 radical (unpaired) electrons. The van der Waals surface area contributed by atoms with Gasteiger partial charge in [-0.15, -0.1) is 11.8 Å². The van der Waals surface area contributed by atoms with Gasteiger partial charge in [0.2, 0.25) is 0 Å². The summed E-state index contributed by atoms with van der Waals surface area (Å²) in [6.45, 7) is 0. The summed E-state index contributed by atoms with van der Waals surface area (Å²) in [5, 5.41) is 2.94. The van der Waals surface area contributed by atoms with E-state index in [1.807, 2.05) is 11.4 Å². The summed E-state index contributed by atoms with van der Waals surface area (Å²) in [5.74, 6) is 0. The minimum atomic E-state index is 1.00. The lowest BCUT2D eigenvalue weighted by Gasteiger charge is -1.76. The van der Waals surface area contributed by atoms with Crippen LogP contribution in [0.2, 0.25) is 0 Å². The lowest BCUT2D eigenvalue weighted by molar-refractivity contribution is 1.30. The number of hydrogen-bond donors (Lipinski definition) is 0. The molecule has 0 spiro atoms. The van der Waals surface area contributed by atoms with Gasteiger partial charge in [0.25, 0.3) is 0 Å². The van der Waals surface area contributed by atoms with Gasteiger partial charge in [-0.2, -0.15) is 4.37 Å². The number of rotatable bonds is 1. The van der Waals surface area contributed by atoms with Gasteiger partial charge < -0.3 is 0 Å². The molecule has 1 rings (SSSR count). The number of thioether (sulfide) groups is 1. The summed E-state index contributed by atoms with van der Waals surface area (Å²) < 4.78 is 3.98. The Hall–Kier alpha value is -0.0200. The topological polar surface area (TPSA) is 12.9 Å². The number of nitrogens with zero attached hydrogens (tertiary/aromatic N) is 1. The van der Waals surface area contributed by atoms with Gasteiger partial charge in [-0.05, 0) is 17.6 Å². The van der Waals surface area contributed by atoms with Gasteiger partial charge in [-0.3, -0.25) is 0 Å². The highest BCUT2D eigenvalue weighted by Crippen LogP contribution is 2.13.